The molecule has 1 aromatic heterocycles. The Morgan fingerprint density at radius 1 is 1.24 bits per heavy atom. The Morgan fingerprint density at radius 3 is 2.56 bits per heavy atom. The van der Waals surface area contributed by atoms with Gasteiger partial charge in [0.05, 0.1) is 5.56 Å². The molecule has 0 bridgehead atoms. The summed E-state index contributed by atoms with van der Waals surface area (Å²) in [6.45, 7) is 1.54. The van der Waals surface area contributed by atoms with Crippen LogP contribution < -0.4 is 10.2 Å². The van der Waals surface area contributed by atoms with E-state index in [4.69, 9.17) is 5.26 Å². The molecule has 2 N–H and O–H groups in total. The highest BCUT2D eigenvalue weighted by atomic mass is 16.3. The molecule has 6 nitrogen and oxygen atoms in total. The number of aromatic nitrogens is 1. The SMILES string of the molecule is N#Cc1ccc(N2CCC(NC(=O)C(O)c3ccccc3)CC2)nc1. The Hall–Kier alpha value is -2.91. The summed E-state index contributed by atoms with van der Waals surface area (Å²) in [6.07, 6.45) is 2.00. The Kier molecular flexibility index (Phi) is 5.26. The highest BCUT2D eigenvalue weighted by molar-refractivity contribution is 5.82. The maximum absolute atomic E-state index is 12.2. The summed E-state index contributed by atoms with van der Waals surface area (Å²) in [5.74, 6) is 0.481. The Labute approximate surface area is 146 Å². The molecule has 0 spiro atoms. The minimum Gasteiger partial charge on any atom is -0.378 e. The van der Waals surface area contributed by atoms with Gasteiger partial charge in [0.25, 0.3) is 5.91 Å². The minimum absolute atomic E-state index is 0.0421. The van der Waals surface area contributed by atoms with Gasteiger partial charge in [0, 0.05) is 25.3 Å². The average molecular weight is 336 g/mol. The number of hydrogen-bond acceptors (Lipinski definition) is 5. The molecule has 1 atom stereocenters. The maximum atomic E-state index is 12.2. The van der Waals surface area contributed by atoms with Crippen molar-refractivity contribution < 1.29 is 9.90 Å². The van der Waals surface area contributed by atoms with Crippen LogP contribution in [-0.2, 0) is 4.79 Å². The lowest BCUT2D eigenvalue weighted by Gasteiger charge is -2.33. The van der Waals surface area contributed by atoms with Crippen LogP contribution in [0.25, 0.3) is 0 Å². The van der Waals surface area contributed by atoms with E-state index in [1.54, 1.807) is 36.5 Å². The molecule has 6 heteroatoms. The normalized spacial score (nSPS) is 16.1. The number of hydrogen-bond donors (Lipinski definition) is 2. The zero-order valence-corrected chi connectivity index (χ0v) is 13.8. The van der Waals surface area contributed by atoms with Crippen molar-refractivity contribution >= 4 is 11.7 Å². The van der Waals surface area contributed by atoms with E-state index in [0.717, 1.165) is 31.7 Å². The average Bonchev–Trinajstić information content (AvgIpc) is 2.68. The molecule has 0 radical (unpaired) electrons. The van der Waals surface area contributed by atoms with E-state index in [0.29, 0.717) is 11.1 Å². The van der Waals surface area contributed by atoms with Gasteiger partial charge in [0.15, 0.2) is 6.10 Å². The van der Waals surface area contributed by atoms with E-state index in [9.17, 15) is 9.90 Å². The standard InChI is InChI=1S/C19H20N4O2/c20-12-14-6-7-17(21-13-14)23-10-8-16(9-11-23)22-19(25)18(24)15-4-2-1-3-5-15/h1-7,13,16,18,24H,8-11H2,(H,22,25). The van der Waals surface area contributed by atoms with E-state index >= 15 is 0 Å². The summed E-state index contributed by atoms with van der Waals surface area (Å²) >= 11 is 0. The second-order valence-corrected chi connectivity index (χ2v) is 6.10. The predicted octanol–water partition coefficient (Wildman–Crippen LogP) is 1.77. The van der Waals surface area contributed by atoms with Crippen molar-refractivity contribution in [1.29, 1.82) is 5.26 Å². The molecule has 128 valence electrons. The third-order valence-electron chi connectivity index (χ3n) is 4.41. The quantitative estimate of drug-likeness (QED) is 0.888. The van der Waals surface area contributed by atoms with Crippen molar-refractivity contribution in [3.8, 4) is 6.07 Å². The molecule has 25 heavy (non-hydrogen) atoms. The number of aliphatic hydroxyl groups is 1. The molecule has 1 aliphatic heterocycles. The number of benzene rings is 1. The molecular weight excluding hydrogens is 316 g/mol. The molecular formula is C19H20N4O2. The molecule has 1 saturated heterocycles. The first-order valence-corrected chi connectivity index (χ1v) is 8.32. The van der Waals surface area contributed by atoms with Gasteiger partial charge in [0.1, 0.15) is 11.9 Å². The first-order chi connectivity index (χ1) is 12.2. The third kappa shape index (κ3) is 4.14. The van der Waals surface area contributed by atoms with Crippen LogP contribution in [0.2, 0.25) is 0 Å². The summed E-state index contributed by atoms with van der Waals surface area (Å²) in [4.78, 5) is 18.7. The molecule has 1 fully saturated rings. The van der Waals surface area contributed by atoms with Gasteiger partial charge in [-0.3, -0.25) is 4.79 Å². The summed E-state index contributed by atoms with van der Waals surface area (Å²) in [6, 6.07) is 14.6. The number of nitriles is 1. The first kappa shape index (κ1) is 16.9. The fourth-order valence-corrected chi connectivity index (χ4v) is 2.96. The molecule has 2 heterocycles. The summed E-state index contributed by atoms with van der Waals surface area (Å²) in [7, 11) is 0. The number of amides is 1. The minimum atomic E-state index is -1.14. The van der Waals surface area contributed by atoms with Crippen LogP contribution in [0, 0.1) is 11.3 Å². The van der Waals surface area contributed by atoms with Crippen LogP contribution in [0.4, 0.5) is 5.82 Å². The number of carbonyl (C=O) groups is 1. The van der Waals surface area contributed by atoms with Crippen molar-refractivity contribution in [2.45, 2.75) is 25.0 Å². The Balaban J connectivity index is 1.52. The maximum Gasteiger partial charge on any atom is 0.253 e. The zero-order chi connectivity index (χ0) is 17.6. The number of pyridine rings is 1. The van der Waals surface area contributed by atoms with Gasteiger partial charge in [-0.05, 0) is 30.5 Å². The van der Waals surface area contributed by atoms with E-state index in [-0.39, 0.29) is 11.9 Å². The van der Waals surface area contributed by atoms with Gasteiger partial charge >= 0.3 is 0 Å². The van der Waals surface area contributed by atoms with Gasteiger partial charge in [0.2, 0.25) is 0 Å². The van der Waals surface area contributed by atoms with Crippen molar-refractivity contribution in [3.05, 3.63) is 59.8 Å². The molecule has 0 aliphatic carbocycles. The van der Waals surface area contributed by atoms with Crippen LogP contribution in [0.5, 0.6) is 0 Å². The van der Waals surface area contributed by atoms with Crippen molar-refractivity contribution in [2.24, 2.45) is 0 Å². The summed E-state index contributed by atoms with van der Waals surface area (Å²) in [5, 5.41) is 21.9. The van der Waals surface area contributed by atoms with Gasteiger partial charge in [-0.2, -0.15) is 5.26 Å². The van der Waals surface area contributed by atoms with E-state index in [1.807, 2.05) is 12.1 Å². The van der Waals surface area contributed by atoms with Crippen molar-refractivity contribution in [2.75, 3.05) is 18.0 Å². The number of aliphatic hydroxyl groups excluding tert-OH is 1. The van der Waals surface area contributed by atoms with E-state index in [1.165, 1.54) is 0 Å². The van der Waals surface area contributed by atoms with Crippen LogP contribution >= 0.6 is 0 Å². The second kappa shape index (κ2) is 7.77. The molecule has 0 saturated carbocycles. The highest BCUT2D eigenvalue weighted by Crippen LogP contribution is 2.19. The van der Waals surface area contributed by atoms with E-state index < -0.39 is 6.10 Å². The molecule has 1 aromatic carbocycles. The molecule has 1 unspecified atom stereocenters. The first-order valence-electron chi connectivity index (χ1n) is 8.32. The lowest BCUT2D eigenvalue weighted by Crippen LogP contribution is -2.46. The second-order valence-electron chi connectivity index (χ2n) is 6.10. The van der Waals surface area contributed by atoms with Gasteiger partial charge in [-0.1, -0.05) is 30.3 Å². The summed E-state index contributed by atoms with van der Waals surface area (Å²) < 4.78 is 0. The Morgan fingerprint density at radius 2 is 1.96 bits per heavy atom. The topological polar surface area (TPSA) is 89.2 Å². The smallest absolute Gasteiger partial charge is 0.253 e. The highest BCUT2D eigenvalue weighted by Gasteiger charge is 2.24. The summed E-state index contributed by atoms with van der Waals surface area (Å²) in [5.41, 5.74) is 1.14. The Bertz CT molecular complexity index is 747. The van der Waals surface area contributed by atoms with Crippen LogP contribution in [0.15, 0.2) is 48.7 Å². The number of piperidine rings is 1. The molecule has 2 aromatic rings. The van der Waals surface area contributed by atoms with E-state index in [2.05, 4.69) is 21.3 Å². The molecule has 1 aliphatic rings. The number of rotatable bonds is 4. The lowest BCUT2D eigenvalue weighted by atomic mass is 10.0. The van der Waals surface area contributed by atoms with Gasteiger partial charge in [-0.15, -0.1) is 0 Å². The predicted molar refractivity (Wildman–Crippen MR) is 93.7 cm³/mol. The van der Waals surface area contributed by atoms with Crippen LogP contribution in [0.3, 0.4) is 0 Å². The third-order valence-corrected chi connectivity index (χ3v) is 4.41. The molecule has 1 amide bonds. The number of nitrogens with zero attached hydrogens (tertiary/aromatic N) is 3. The van der Waals surface area contributed by atoms with Crippen LogP contribution in [-0.4, -0.2) is 35.1 Å². The van der Waals surface area contributed by atoms with Crippen molar-refractivity contribution in [1.82, 2.24) is 10.3 Å². The fraction of sp³-hybridized carbons (Fsp3) is 0.316. The number of carbonyl (C=O) groups excluding carboxylic acids is 1. The lowest BCUT2D eigenvalue weighted by molar-refractivity contribution is -0.130. The van der Waals surface area contributed by atoms with Gasteiger partial charge < -0.3 is 15.3 Å². The van der Waals surface area contributed by atoms with Crippen LogP contribution in [0.1, 0.15) is 30.1 Å². The monoisotopic (exact) mass is 336 g/mol. The van der Waals surface area contributed by atoms with Crippen molar-refractivity contribution in [3.63, 3.8) is 0 Å². The number of nitrogens with one attached hydrogen (secondary N) is 1. The number of anilines is 1. The zero-order valence-electron chi connectivity index (χ0n) is 13.8. The van der Waals surface area contributed by atoms with Gasteiger partial charge in [-0.25, -0.2) is 4.98 Å². The fourth-order valence-electron chi connectivity index (χ4n) is 2.96. The largest absolute Gasteiger partial charge is 0.378 e. The molecule has 3 rings (SSSR count).